The van der Waals surface area contributed by atoms with E-state index in [1.54, 1.807) is 13.0 Å². The van der Waals surface area contributed by atoms with E-state index >= 15 is 0 Å². The van der Waals surface area contributed by atoms with Gasteiger partial charge in [-0.25, -0.2) is 12.7 Å². The molecule has 9 heteroatoms. The van der Waals surface area contributed by atoms with E-state index in [1.807, 2.05) is 0 Å². The SMILES string of the molecule is Cc1ccc(S(=O)(=O)N(C)C)cc1NC(=O)CNC(=N)N. The summed E-state index contributed by atoms with van der Waals surface area (Å²) in [7, 11) is -0.696. The number of guanidine groups is 1. The van der Waals surface area contributed by atoms with Crippen molar-refractivity contribution < 1.29 is 13.2 Å². The quantitative estimate of drug-likeness (QED) is 0.437. The molecule has 1 rings (SSSR count). The minimum atomic E-state index is -3.57. The van der Waals surface area contributed by atoms with Crippen molar-refractivity contribution in [3.63, 3.8) is 0 Å². The second kappa shape index (κ2) is 6.55. The maximum Gasteiger partial charge on any atom is 0.243 e. The summed E-state index contributed by atoms with van der Waals surface area (Å²) in [5.41, 5.74) is 6.21. The second-order valence-electron chi connectivity index (χ2n) is 4.58. The van der Waals surface area contributed by atoms with Crippen LogP contribution in [-0.2, 0) is 14.8 Å². The molecule has 0 atom stereocenters. The molecule has 8 nitrogen and oxygen atoms in total. The Balaban J connectivity index is 2.99. The van der Waals surface area contributed by atoms with Gasteiger partial charge in [-0.15, -0.1) is 0 Å². The van der Waals surface area contributed by atoms with E-state index in [4.69, 9.17) is 11.1 Å². The smallest absolute Gasteiger partial charge is 0.243 e. The molecule has 0 saturated carbocycles. The maximum absolute atomic E-state index is 12.1. The van der Waals surface area contributed by atoms with Crippen molar-refractivity contribution in [3.05, 3.63) is 23.8 Å². The summed E-state index contributed by atoms with van der Waals surface area (Å²) in [5, 5.41) is 11.9. The average Bonchev–Trinajstić information content (AvgIpc) is 2.38. The van der Waals surface area contributed by atoms with Gasteiger partial charge in [-0.2, -0.15) is 0 Å². The predicted molar refractivity (Wildman–Crippen MR) is 80.6 cm³/mol. The fourth-order valence-corrected chi connectivity index (χ4v) is 2.41. The van der Waals surface area contributed by atoms with Gasteiger partial charge in [-0.05, 0) is 24.6 Å². The Labute approximate surface area is 123 Å². The second-order valence-corrected chi connectivity index (χ2v) is 6.73. The third-order valence-electron chi connectivity index (χ3n) is 2.70. The van der Waals surface area contributed by atoms with Crippen LogP contribution in [0, 0.1) is 12.3 Å². The summed E-state index contributed by atoms with van der Waals surface area (Å²) in [6, 6.07) is 4.49. The standard InChI is InChI=1S/C12H19N5O3S/c1-8-4-5-9(21(19,20)17(2)3)6-10(8)16-11(18)7-15-12(13)14/h4-6H,7H2,1-3H3,(H,16,18)(H4,13,14,15). The van der Waals surface area contributed by atoms with Crippen LogP contribution < -0.4 is 16.4 Å². The number of aryl methyl sites for hydroxylation is 1. The van der Waals surface area contributed by atoms with Crippen LogP contribution in [0.4, 0.5) is 5.69 Å². The lowest BCUT2D eigenvalue weighted by Gasteiger charge is -2.14. The minimum absolute atomic E-state index is 0.0907. The number of carbonyl (C=O) groups is 1. The summed E-state index contributed by atoms with van der Waals surface area (Å²) < 4.78 is 25.2. The van der Waals surface area contributed by atoms with E-state index < -0.39 is 15.9 Å². The topological polar surface area (TPSA) is 128 Å². The first kappa shape index (κ1) is 16.9. The van der Waals surface area contributed by atoms with Crippen LogP contribution in [-0.4, -0.2) is 45.2 Å². The molecule has 0 aliphatic rings. The number of nitrogens with one attached hydrogen (secondary N) is 3. The molecular formula is C12H19N5O3S. The third-order valence-corrected chi connectivity index (χ3v) is 4.51. The molecule has 0 fully saturated rings. The number of rotatable bonds is 5. The summed E-state index contributed by atoms with van der Waals surface area (Å²) in [6.07, 6.45) is 0. The largest absolute Gasteiger partial charge is 0.370 e. The fraction of sp³-hybridized carbons (Fsp3) is 0.333. The first-order chi connectivity index (χ1) is 9.64. The van der Waals surface area contributed by atoms with Crippen LogP contribution >= 0.6 is 0 Å². The Morgan fingerprint density at radius 1 is 1.38 bits per heavy atom. The Kier molecular flexibility index (Phi) is 5.28. The monoisotopic (exact) mass is 313 g/mol. The van der Waals surface area contributed by atoms with E-state index in [9.17, 15) is 13.2 Å². The van der Waals surface area contributed by atoms with Crippen LogP contribution in [0.1, 0.15) is 5.56 Å². The highest BCUT2D eigenvalue weighted by molar-refractivity contribution is 7.89. The molecule has 1 aromatic carbocycles. The Morgan fingerprint density at radius 2 is 2.00 bits per heavy atom. The Morgan fingerprint density at radius 3 is 2.52 bits per heavy atom. The number of nitrogens with two attached hydrogens (primary N) is 1. The van der Waals surface area contributed by atoms with E-state index in [0.29, 0.717) is 5.69 Å². The highest BCUT2D eigenvalue weighted by Crippen LogP contribution is 2.21. The minimum Gasteiger partial charge on any atom is -0.370 e. The van der Waals surface area contributed by atoms with E-state index in [2.05, 4.69) is 10.6 Å². The normalized spacial score (nSPS) is 11.2. The summed E-state index contributed by atoms with van der Waals surface area (Å²) in [4.78, 5) is 11.8. The van der Waals surface area contributed by atoms with E-state index in [1.165, 1.54) is 26.2 Å². The average molecular weight is 313 g/mol. The van der Waals surface area contributed by atoms with Gasteiger partial charge in [-0.1, -0.05) is 6.07 Å². The molecule has 0 radical (unpaired) electrons. The van der Waals surface area contributed by atoms with Crippen molar-refractivity contribution in [2.45, 2.75) is 11.8 Å². The van der Waals surface area contributed by atoms with Crippen LogP contribution in [0.25, 0.3) is 0 Å². The molecule has 116 valence electrons. The van der Waals surface area contributed by atoms with Gasteiger partial charge < -0.3 is 16.4 Å². The van der Waals surface area contributed by atoms with Gasteiger partial charge in [0.1, 0.15) is 0 Å². The predicted octanol–water partition coefficient (Wildman–Crippen LogP) is -0.333. The number of benzene rings is 1. The molecule has 0 heterocycles. The number of hydrogen-bond acceptors (Lipinski definition) is 4. The van der Waals surface area contributed by atoms with Crippen LogP contribution in [0.2, 0.25) is 0 Å². The zero-order chi connectivity index (χ0) is 16.2. The summed E-state index contributed by atoms with van der Waals surface area (Å²) in [5.74, 6) is -0.737. The third kappa shape index (κ3) is 4.43. The lowest BCUT2D eigenvalue weighted by Crippen LogP contribution is -2.37. The van der Waals surface area contributed by atoms with E-state index in [-0.39, 0.29) is 17.4 Å². The van der Waals surface area contributed by atoms with Gasteiger partial charge in [-0.3, -0.25) is 10.2 Å². The molecule has 0 aliphatic carbocycles. The van der Waals surface area contributed by atoms with Crippen molar-refractivity contribution in [2.75, 3.05) is 26.0 Å². The molecule has 0 aliphatic heterocycles. The lowest BCUT2D eigenvalue weighted by atomic mass is 10.2. The fourth-order valence-electron chi connectivity index (χ4n) is 1.48. The zero-order valence-electron chi connectivity index (χ0n) is 12.1. The zero-order valence-corrected chi connectivity index (χ0v) is 12.9. The molecule has 0 unspecified atom stereocenters. The molecule has 0 saturated heterocycles. The van der Waals surface area contributed by atoms with Crippen molar-refractivity contribution in [3.8, 4) is 0 Å². The Hall–Kier alpha value is -2.13. The molecule has 1 aromatic rings. The maximum atomic E-state index is 12.1. The van der Waals surface area contributed by atoms with Crippen LogP contribution in [0.3, 0.4) is 0 Å². The molecular weight excluding hydrogens is 294 g/mol. The summed E-state index contributed by atoms with van der Waals surface area (Å²) >= 11 is 0. The van der Waals surface area contributed by atoms with Crippen molar-refractivity contribution in [1.82, 2.24) is 9.62 Å². The van der Waals surface area contributed by atoms with Gasteiger partial charge in [0.25, 0.3) is 0 Å². The van der Waals surface area contributed by atoms with Crippen molar-refractivity contribution in [2.24, 2.45) is 5.73 Å². The van der Waals surface area contributed by atoms with E-state index in [0.717, 1.165) is 9.87 Å². The highest BCUT2D eigenvalue weighted by Gasteiger charge is 2.18. The highest BCUT2D eigenvalue weighted by atomic mass is 32.2. The number of carbonyl (C=O) groups excluding carboxylic acids is 1. The van der Waals surface area contributed by atoms with Gasteiger partial charge in [0.2, 0.25) is 15.9 Å². The first-order valence-corrected chi connectivity index (χ1v) is 7.49. The lowest BCUT2D eigenvalue weighted by molar-refractivity contribution is -0.115. The van der Waals surface area contributed by atoms with Crippen molar-refractivity contribution in [1.29, 1.82) is 5.41 Å². The number of nitrogens with zero attached hydrogens (tertiary/aromatic N) is 1. The molecule has 21 heavy (non-hydrogen) atoms. The molecule has 1 amide bonds. The summed E-state index contributed by atoms with van der Waals surface area (Å²) in [6.45, 7) is 1.58. The van der Waals surface area contributed by atoms with Gasteiger partial charge in [0, 0.05) is 19.8 Å². The Bertz CT molecular complexity index is 655. The number of sulfonamides is 1. The van der Waals surface area contributed by atoms with Gasteiger partial charge in [0.05, 0.1) is 11.4 Å². The molecule has 5 N–H and O–H groups in total. The molecule has 0 bridgehead atoms. The molecule has 0 spiro atoms. The van der Waals surface area contributed by atoms with Gasteiger partial charge in [0.15, 0.2) is 5.96 Å². The number of amides is 1. The van der Waals surface area contributed by atoms with Gasteiger partial charge >= 0.3 is 0 Å². The molecule has 0 aromatic heterocycles. The number of hydrogen-bond donors (Lipinski definition) is 4. The number of anilines is 1. The van der Waals surface area contributed by atoms with Crippen molar-refractivity contribution >= 4 is 27.6 Å². The first-order valence-electron chi connectivity index (χ1n) is 6.05. The van der Waals surface area contributed by atoms with Crippen LogP contribution in [0.5, 0.6) is 0 Å². The van der Waals surface area contributed by atoms with Crippen LogP contribution in [0.15, 0.2) is 23.1 Å².